The molecule has 0 spiro atoms. The van der Waals surface area contributed by atoms with E-state index in [1.807, 2.05) is 35.9 Å². The number of carbonyl (C=O) groups is 2. The number of nitrogens with one attached hydrogen (secondary N) is 2. The average Bonchev–Trinajstić information content (AvgIpc) is 3.08. The van der Waals surface area contributed by atoms with Crippen molar-refractivity contribution < 1.29 is 22.4 Å². The number of sulfonamides is 1. The van der Waals surface area contributed by atoms with Gasteiger partial charge in [-0.1, -0.05) is 30.8 Å². The van der Waals surface area contributed by atoms with Crippen molar-refractivity contribution in [1.29, 1.82) is 0 Å². The third-order valence-electron chi connectivity index (χ3n) is 3.89. The number of hydrogen-bond acceptors (Lipinski definition) is 7. The number of carbonyl (C=O) groups excluding carboxylic acids is 2. The Morgan fingerprint density at radius 2 is 1.83 bits per heavy atom. The number of aromatic nitrogens is 1. The van der Waals surface area contributed by atoms with E-state index in [0.717, 1.165) is 12.4 Å². The van der Waals surface area contributed by atoms with E-state index in [1.54, 1.807) is 0 Å². The molecule has 1 aromatic heterocycles. The summed E-state index contributed by atoms with van der Waals surface area (Å²) in [7, 11) is -3.92. The van der Waals surface area contributed by atoms with Crippen molar-refractivity contribution in [3.8, 4) is 0 Å². The van der Waals surface area contributed by atoms with Crippen LogP contribution in [0.15, 0.2) is 63.1 Å². The van der Waals surface area contributed by atoms with E-state index in [1.165, 1.54) is 36.0 Å². The summed E-state index contributed by atoms with van der Waals surface area (Å²) in [6.45, 7) is 2.99. The fourth-order valence-electron chi connectivity index (χ4n) is 2.53. The van der Waals surface area contributed by atoms with Gasteiger partial charge in [0.1, 0.15) is 5.52 Å². The molecule has 2 aromatic carbocycles. The van der Waals surface area contributed by atoms with Crippen LogP contribution in [0.25, 0.3) is 11.1 Å². The minimum Gasteiger partial charge on any atom is -0.431 e. The van der Waals surface area contributed by atoms with Gasteiger partial charge in [-0.25, -0.2) is 18.1 Å². The van der Waals surface area contributed by atoms with E-state index < -0.39 is 21.2 Å². The molecule has 2 N–H and O–H groups in total. The first-order valence-electron chi connectivity index (χ1n) is 8.75. The van der Waals surface area contributed by atoms with E-state index in [-0.39, 0.29) is 10.8 Å². The zero-order valence-electron chi connectivity index (χ0n) is 15.7. The molecule has 0 saturated heterocycles. The van der Waals surface area contributed by atoms with Crippen molar-refractivity contribution in [3.05, 3.63) is 48.5 Å². The van der Waals surface area contributed by atoms with Gasteiger partial charge < -0.3 is 9.73 Å². The molecule has 3 rings (SSSR count). The van der Waals surface area contributed by atoms with Crippen LogP contribution in [0.2, 0.25) is 0 Å². The molecule has 8 nitrogen and oxygen atoms in total. The van der Waals surface area contributed by atoms with Crippen LogP contribution in [-0.4, -0.2) is 30.5 Å². The Bertz CT molecular complexity index is 1110. The zero-order chi connectivity index (χ0) is 21.0. The second kappa shape index (κ2) is 8.66. The molecule has 0 aliphatic carbocycles. The highest BCUT2D eigenvalue weighted by molar-refractivity contribution is 8.00. The molecular formula is C19H19N3O5S2. The van der Waals surface area contributed by atoms with Crippen molar-refractivity contribution in [3.63, 3.8) is 0 Å². The maximum Gasteiger partial charge on any atom is 0.264 e. The number of para-hydroxylation sites is 2. The maximum atomic E-state index is 12.6. The van der Waals surface area contributed by atoms with E-state index in [4.69, 9.17) is 4.42 Å². The Morgan fingerprint density at radius 3 is 2.45 bits per heavy atom. The third kappa shape index (κ3) is 5.15. The summed E-state index contributed by atoms with van der Waals surface area (Å²) in [5.74, 6) is -0.929. The molecule has 29 heavy (non-hydrogen) atoms. The molecule has 152 valence electrons. The molecule has 0 aliphatic rings. The number of rotatable bonds is 7. The lowest BCUT2D eigenvalue weighted by Crippen LogP contribution is -2.28. The minimum absolute atomic E-state index is 0.0707. The number of nitrogens with zero attached hydrogens (tertiary/aromatic N) is 1. The van der Waals surface area contributed by atoms with Gasteiger partial charge in [-0.3, -0.25) is 9.59 Å². The fraction of sp³-hybridized carbons (Fsp3) is 0.211. The standard InChI is InChI=1S/C19H19N3O5S2/c1-3-17(28-19-21-15-6-4-5-7-16(15)27-19)18(24)20-13-8-10-14(11-9-13)29(25,26)22-12(2)23/h4-11,17H,3H2,1-2H3,(H,20,24)(H,22,23). The minimum atomic E-state index is -3.92. The lowest BCUT2D eigenvalue weighted by atomic mass is 10.3. The molecule has 3 aromatic rings. The number of fused-ring (bicyclic) bond motifs is 1. The van der Waals surface area contributed by atoms with E-state index in [2.05, 4.69) is 10.3 Å². The van der Waals surface area contributed by atoms with Crippen molar-refractivity contribution in [1.82, 2.24) is 9.71 Å². The first kappa shape index (κ1) is 20.9. The normalized spacial score (nSPS) is 12.5. The second-order valence-corrected chi connectivity index (χ2v) is 8.97. The number of hydrogen-bond donors (Lipinski definition) is 2. The highest BCUT2D eigenvalue weighted by Gasteiger charge is 2.22. The maximum absolute atomic E-state index is 12.6. The van der Waals surface area contributed by atoms with Gasteiger partial charge in [0.2, 0.25) is 11.8 Å². The fourth-order valence-corrected chi connectivity index (χ4v) is 4.39. The Labute approximate surface area is 172 Å². The summed E-state index contributed by atoms with van der Waals surface area (Å²) in [4.78, 5) is 27.9. The summed E-state index contributed by atoms with van der Waals surface area (Å²) in [6, 6.07) is 12.9. The summed E-state index contributed by atoms with van der Waals surface area (Å²) >= 11 is 1.22. The van der Waals surface area contributed by atoms with Crippen LogP contribution in [0.4, 0.5) is 5.69 Å². The topological polar surface area (TPSA) is 118 Å². The van der Waals surface area contributed by atoms with Crippen molar-refractivity contribution >= 4 is 50.4 Å². The van der Waals surface area contributed by atoms with Crippen molar-refractivity contribution in [2.45, 2.75) is 35.6 Å². The zero-order valence-corrected chi connectivity index (χ0v) is 17.3. The predicted molar refractivity (Wildman–Crippen MR) is 110 cm³/mol. The number of benzene rings is 2. The van der Waals surface area contributed by atoms with Crippen LogP contribution < -0.4 is 10.0 Å². The summed E-state index contributed by atoms with van der Waals surface area (Å²) in [5, 5.41) is 2.72. The summed E-state index contributed by atoms with van der Waals surface area (Å²) < 4.78 is 31.5. The van der Waals surface area contributed by atoms with Gasteiger partial charge in [-0.15, -0.1) is 0 Å². The number of thioether (sulfide) groups is 1. The van der Waals surface area contributed by atoms with Crippen LogP contribution in [0.1, 0.15) is 20.3 Å². The largest absolute Gasteiger partial charge is 0.431 e. The molecule has 10 heteroatoms. The van der Waals surface area contributed by atoms with Crippen LogP contribution >= 0.6 is 11.8 Å². The molecule has 1 atom stereocenters. The number of amides is 2. The van der Waals surface area contributed by atoms with Gasteiger partial charge in [0.25, 0.3) is 15.2 Å². The monoisotopic (exact) mass is 433 g/mol. The Hall–Kier alpha value is -2.85. The van der Waals surface area contributed by atoms with Gasteiger partial charge in [0.15, 0.2) is 5.58 Å². The third-order valence-corrected chi connectivity index (χ3v) is 6.55. The van der Waals surface area contributed by atoms with Gasteiger partial charge >= 0.3 is 0 Å². The van der Waals surface area contributed by atoms with Crippen molar-refractivity contribution in [2.24, 2.45) is 0 Å². The lowest BCUT2D eigenvalue weighted by molar-refractivity contribution is -0.117. The van der Waals surface area contributed by atoms with Crippen LogP contribution in [-0.2, 0) is 19.6 Å². The Kier molecular flexibility index (Phi) is 6.23. The predicted octanol–water partition coefficient (Wildman–Crippen LogP) is 3.16. The molecule has 0 radical (unpaired) electrons. The highest BCUT2D eigenvalue weighted by Crippen LogP contribution is 2.29. The van der Waals surface area contributed by atoms with Gasteiger partial charge in [-0.2, -0.15) is 0 Å². The molecule has 2 amide bonds. The van der Waals surface area contributed by atoms with Gasteiger partial charge in [-0.05, 0) is 42.8 Å². The Morgan fingerprint density at radius 1 is 1.14 bits per heavy atom. The van der Waals surface area contributed by atoms with Gasteiger partial charge in [0.05, 0.1) is 10.1 Å². The van der Waals surface area contributed by atoms with Crippen LogP contribution in [0.3, 0.4) is 0 Å². The van der Waals surface area contributed by atoms with E-state index >= 15 is 0 Å². The van der Waals surface area contributed by atoms with E-state index in [9.17, 15) is 18.0 Å². The molecule has 0 saturated carbocycles. The SMILES string of the molecule is CCC(Sc1nc2ccccc2o1)C(=O)Nc1ccc(S(=O)(=O)NC(C)=O)cc1. The Balaban J connectivity index is 1.68. The lowest BCUT2D eigenvalue weighted by Gasteiger charge is -2.13. The molecule has 0 aliphatic heterocycles. The summed E-state index contributed by atoms with van der Waals surface area (Å²) in [6.07, 6.45) is 0.546. The molecule has 0 bridgehead atoms. The second-order valence-electron chi connectivity index (χ2n) is 6.14. The van der Waals surface area contributed by atoms with Crippen LogP contribution in [0.5, 0.6) is 0 Å². The van der Waals surface area contributed by atoms with Crippen LogP contribution in [0, 0.1) is 0 Å². The average molecular weight is 434 g/mol. The highest BCUT2D eigenvalue weighted by atomic mass is 32.2. The quantitative estimate of drug-likeness (QED) is 0.549. The number of anilines is 1. The van der Waals surface area contributed by atoms with Crippen molar-refractivity contribution in [2.75, 3.05) is 5.32 Å². The van der Waals surface area contributed by atoms with Gasteiger partial charge in [0, 0.05) is 12.6 Å². The smallest absolute Gasteiger partial charge is 0.264 e. The molecular weight excluding hydrogens is 414 g/mol. The molecule has 1 heterocycles. The molecule has 1 unspecified atom stereocenters. The summed E-state index contributed by atoms with van der Waals surface area (Å²) in [5.41, 5.74) is 1.82. The van der Waals surface area contributed by atoms with E-state index in [0.29, 0.717) is 22.9 Å². The molecule has 0 fully saturated rings. The first-order valence-corrected chi connectivity index (χ1v) is 11.1. The number of oxazole rings is 1. The first-order chi connectivity index (χ1) is 13.8.